The van der Waals surface area contributed by atoms with E-state index in [1.165, 1.54) is 19.0 Å². The number of likely N-dealkylation sites (tertiary alicyclic amines) is 1. The molecule has 3 fully saturated rings. The first-order valence-corrected chi connectivity index (χ1v) is 9.36. The highest BCUT2D eigenvalue weighted by atomic mass is 16.5. The molecule has 0 bridgehead atoms. The van der Waals surface area contributed by atoms with Gasteiger partial charge in [0.1, 0.15) is 11.5 Å². The molecular weight excluding hydrogens is 334 g/mol. The van der Waals surface area contributed by atoms with Gasteiger partial charge < -0.3 is 20.7 Å². The summed E-state index contributed by atoms with van der Waals surface area (Å²) >= 11 is 0. The first-order chi connectivity index (χ1) is 12.6. The van der Waals surface area contributed by atoms with Gasteiger partial charge in [-0.25, -0.2) is 4.98 Å². The van der Waals surface area contributed by atoms with Crippen molar-refractivity contribution in [3.05, 3.63) is 18.1 Å². The van der Waals surface area contributed by atoms with Crippen LogP contribution in [0.1, 0.15) is 36.2 Å². The Morgan fingerprint density at radius 2 is 1.92 bits per heavy atom. The maximum atomic E-state index is 12.9. The average molecular weight is 359 g/mol. The van der Waals surface area contributed by atoms with E-state index in [4.69, 9.17) is 10.5 Å². The van der Waals surface area contributed by atoms with Crippen molar-refractivity contribution in [1.82, 2.24) is 14.9 Å². The van der Waals surface area contributed by atoms with Gasteiger partial charge in [-0.15, -0.1) is 0 Å². The van der Waals surface area contributed by atoms with Gasteiger partial charge in [0.15, 0.2) is 0 Å². The van der Waals surface area contributed by atoms with E-state index in [-0.39, 0.29) is 23.6 Å². The molecule has 1 saturated carbocycles. The molecule has 2 saturated heterocycles. The third kappa shape index (κ3) is 3.65. The van der Waals surface area contributed by atoms with Crippen LogP contribution < -0.4 is 11.1 Å². The summed E-state index contributed by atoms with van der Waals surface area (Å²) < 4.78 is 5.38. The molecule has 3 aliphatic rings. The van der Waals surface area contributed by atoms with Crippen molar-refractivity contribution in [3.63, 3.8) is 0 Å². The molecule has 0 aromatic carbocycles. The molecule has 3 N–H and O–H groups in total. The monoisotopic (exact) mass is 359 g/mol. The van der Waals surface area contributed by atoms with Gasteiger partial charge in [0, 0.05) is 44.2 Å². The molecule has 2 amide bonds. The lowest BCUT2D eigenvalue weighted by molar-refractivity contribution is -0.137. The summed E-state index contributed by atoms with van der Waals surface area (Å²) in [5.41, 5.74) is 5.43. The summed E-state index contributed by atoms with van der Waals surface area (Å²) in [6.45, 7) is 2.81. The van der Waals surface area contributed by atoms with E-state index in [2.05, 4.69) is 15.3 Å². The number of nitrogens with one attached hydrogen (secondary N) is 1. The number of primary amides is 1. The molecule has 4 rings (SSSR count). The summed E-state index contributed by atoms with van der Waals surface area (Å²) in [4.78, 5) is 34.5. The van der Waals surface area contributed by atoms with Gasteiger partial charge in [-0.2, -0.15) is 0 Å². The fourth-order valence-corrected chi connectivity index (χ4v) is 4.11. The quantitative estimate of drug-likeness (QED) is 0.799. The smallest absolute Gasteiger partial charge is 0.268 e. The first kappa shape index (κ1) is 17.2. The SMILES string of the molecule is NC(=O)c1cncc(N[C@@H]2CN(C(=O)C3CCOCC3)C[C@H]2C2CC2)n1. The van der Waals surface area contributed by atoms with Crippen molar-refractivity contribution in [2.45, 2.75) is 31.7 Å². The minimum atomic E-state index is -0.595. The molecule has 140 valence electrons. The van der Waals surface area contributed by atoms with Crippen LogP contribution in [0.25, 0.3) is 0 Å². The van der Waals surface area contributed by atoms with Crippen LogP contribution in [0.2, 0.25) is 0 Å². The number of nitrogens with zero attached hydrogens (tertiary/aromatic N) is 3. The first-order valence-electron chi connectivity index (χ1n) is 9.36. The van der Waals surface area contributed by atoms with Gasteiger partial charge in [0.05, 0.1) is 12.4 Å². The maximum absolute atomic E-state index is 12.9. The van der Waals surface area contributed by atoms with E-state index in [9.17, 15) is 9.59 Å². The minimum absolute atomic E-state index is 0.0836. The number of carbonyl (C=O) groups is 2. The summed E-state index contributed by atoms with van der Waals surface area (Å²) in [6.07, 6.45) is 7.02. The molecular formula is C18H25N5O3. The Morgan fingerprint density at radius 1 is 1.15 bits per heavy atom. The number of rotatable bonds is 5. The second-order valence-corrected chi connectivity index (χ2v) is 7.54. The molecule has 0 radical (unpaired) electrons. The number of nitrogens with two attached hydrogens (primary N) is 1. The average Bonchev–Trinajstić information content (AvgIpc) is 3.43. The second-order valence-electron chi connectivity index (χ2n) is 7.54. The predicted octanol–water partition coefficient (Wildman–Crippen LogP) is 0.651. The maximum Gasteiger partial charge on any atom is 0.268 e. The van der Waals surface area contributed by atoms with Crippen LogP contribution in [0.3, 0.4) is 0 Å². The molecule has 2 atom stereocenters. The van der Waals surface area contributed by atoms with Crippen molar-refractivity contribution in [1.29, 1.82) is 0 Å². The zero-order valence-corrected chi connectivity index (χ0v) is 14.8. The van der Waals surface area contributed by atoms with Gasteiger partial charge in [-0.05, 0) is 31.6 Å². The third-order valence-electron chi connectivity index (χ3n) is 5.70. The van der Waals surface area contributed by atoms with Crippen LogP contribution in [0, 0.1) is 17.8 Å². The molecule has 26 heavy (non-hydrogen) atoms. The van der Waals surface area contributed by atoms with Crippen molar-refractivity contribution in [2.24, 2.45) is 23.5 Å². The number of hydrogen-bond donors (Lipinski definition) is 2. The Morgan fingerprint density at radius 3 is 2.62 bits per heavy atom. The van der Waals surface area contributed by atoms with Crippen molar-refractivity contribution >= 4 is 17.6 Å². The number of carbonyl (C=O) groups excluding carboxylic acids is 2. The van der Waals surface area contributed by atoms with E-state index in [0.717, 1.165) is 19.4 Å². The molecule has 1 aromatic heterocycles. The lowest BCUT2D eigenvalue weighted by Gasteiger charge is -2.26. The zero-order chi connectivity index (χ0) is 18.1. The zero-order valence-electron chi connectivity index (χ0n) is 14.8. The number of ether oxygens (including phenoxy) is 1. The third-order valence-corrected chi connectivity index (χ3v) is 5.70. The van der Waals surface area contributed by atoms with Crippen LogP contribution in [-0.4, -0.2) is 59.0 Å². The summed E-state index contributed by atoms with van der Waals surface area (Å²) in [5, 5.41) is 3.40. The van der Waals surface area contributed by atoms with Crippen LogP contribution >= 0.6 is 0 Å². The van der Waals surface area contributed by atoms with Gasteiger partial charge in [0.2, 0.25) is 5.91 Å². The molecule has 0 unspecified atom stereocenters. The Labute approximate surface area is 152 Å². The molecule has 2 aliphatic heterocycles. The van der Waals surface area contributed by atoms with Crippen LogP contribution in [0.4, 0.5) is 5.82 Å². The van der Waals surface area contributed by atoms with Gasteiger partial charge in [0.25, 0.3) is 5.91 Å². The molecule has 0 spiro atoms. The van der Waals surface area contributed by atoms with Gasteiger partial charge in [-0.1, -0.05) is 0 Å². The summed E-state index contributed by atoms with van der Waals surface area (Å²) in [7, 11) is 0. The lowest BCUT2D eigenvalue weighted by Crippen LogP contribution is -2.38. The van der Waals surface area contributed by atoms with E-state index >= 15 is 0 Å². The molecule has 8 heteroatoms. The summed E-state index contributed by atoms with van der Waals surface area (Å²) in [5.74, 6) is 1.35. The number of amides is 2. The molecule has 1 aromatic rings. The highest BCUT2D eigenvalue weighted by Crippen LogP contribution is 2.42. The topological polar surface area (TPSA) is 110 Å². The molecule has 8 nitrogen and oxygen atoms in total. The van der Waals surface area contributed by atoms with Crippen molar-refractivity contribution in [2.75, 3.05) is 31.6 Å². The van der Waals surface area contributed by atoms with Crippen molar-refractivity contribution < 1.29 is 14.3 Å². The Hall–Kier alpha value is -2.22. The highest BCUT2D eigenvalue weighted by Gasteiger charge is 2.45. The Kier molecular flexibility index (Phi) is 4.76. The normalized spacial score (nSPS) is 26.7. The molecule has 1 aliphatic carbocycles. The Balaban J connectivity index is 1.45. The van der Waals surface area contributed by atoms with Crippen LogP contribution in [-0.2, 0) is 9.53 Å². The van der Waals surface area contributed by atoms with E-state index in [1.807, 2.05) is 4.90 Å². The second kappa shape index (κ2) is 7.19. The van der Waals surface area contributed by atoms with E-state index in [0.29, 0.717) is 37.4 Å². The summed E-state index contributed by atoms with van der Waals surface area (Å²) in [6, 6.07) is 0.128. The van der Waals surface area contributed by atoms with Gasteiger partial charge in [-0.3, -0.25) is 14.6 Å². The number of hydrogen-bond acceptors (Lipinski definition) is 6. The highest BCUT2D eigenvalue weighted by molar-refractivity contribution is 5.90. The minimum Gasteiger partial charge on any atom is -0.381 e. The van der Waals surface area contributed by atoms with Crippen LogP contribution in [0.15, 0.2) is 12.4 Å². The lowest BCUT2D eigenvalue weighted by atomic mass is 9.98. The standard InChI is InChI=1S/C18H25N5O3/c19-17(24)14-7-20-8-16(21-14)22-15-10-23(9-13(15)11-1-2-11)18(25)12-3-5-26-6-4-12/h7-8,11-13,15H,1-6,9-10H2,(H2,19,24)(H,21,22)/t13-,15+/m0/s1. The largest absolute Gasteiger partial charge is 0.381 e. The fourth-order valence-electron chi connectivity index (χ4n) is 4.11. The Bertz CT molecular complexity index is 687. The van der Waals surface area contributed by atoms with Gasteiger partial charge >= 0.3 is 0 Å². The van der Waals surface area contributed by atoms with E-state index < -0.39 is 5.91 Å². The molecule has 3 heterocycles. The number of aromatic nitrogens is 2. The van der Waals surface area contributed by atoms with Crippen LogP contribution in [0.5, 0.6) is 0 Å². The van der Waals surface area contributed by atoms with E-state index in [1.54, 1.807) is 6.20 Å². The predicted molar refractivity (Wildman–Crippen MR) is 94.3 cm³/mol. The fraction of sp³-hybridized carbons (Fsp3) is 0.667. The number of anilines is 1. The van der Waals surface area contributed by atoms with Crippen molar-refractivity contribution in [3.8, 4) is 0 Å².